The van der Waals surface area contributed by atoms with Crippen LogP contribution in [0, 0.1) is 0 Å². The summed E-state index contributed by atoms with van der Waals surface area (Å²) in [6, 6.07) is 13.8. The number of rotatable bonds is 7. The lowest BCUT2D eigenvalue weighted by Crippen LogP contribution is -2.42. The van der Waals surface area contributed by atoms with E-state index in [2.05, 4.69) is 5.32 Å². The molecule has 0 aliphatic carbocycles. The third kappa shape index (κ3) is 6.89. The highest BCUT2D eigenvalue weighted by molar-refractivity contribution is 5.85. The Morgan fingerprint density at radius 3 is 2.23 bits per heavy atom. The van der Waals surface area contributed by atoms with E-state index < -0.39 is 0 Å². The molecule has 3 rings (SSSR count). The van der Waals surface area contributed by atoms with Crippen LogP contribution < -0.4 is 20.5 Å². The van der Waals surface area contributed by atoms with Gasteiger partial charge >= 0.3 is 0 Å². The second-order valence-electron chi connectivity index (χ2n) is 7.10. The van der Waals surface area contributed by atoms with Gasteiger partial charge in [0.15, 0.2) is 0 Å². The average Bonchev–Trinajstić information content (AvgIpc) is 2.73. The van der Waals surface area contributed by atoms with Crippen LogP contribution in [0.4, 0.5) is 11.4 Å². The van der Waals surface area contributed by atoms with Crippen LogP contribution in [0.5, 0.6) is 11.5 Å². The number of nitrogens with zero attached hydrogens (tertiary/aromatic N) is 1. The predicted octanol–water partition coefficient (Wildman–Crippen LogP) is 4.17. The zero-order valence-electron chi connectivity index (χ0n) is 17.4. The number of aryl methyl sites for hydroxylation is 1. The van der Waals surface area contributed by atoms with Crippen LogP contribution in [-0.4, -0.2) is 44.2 Å². The van der Waals surface area contributed by atoms with E-state index in [1.54, 1.807) is 14.2 Å². The van der Waals surface area contributed by atoms with Crippen molar-refractivity contribution in [2.24, 2.45) is 0 Å². The molecule has 0 unspecified atom stereocenters. The number of nitrogen functional groups attached to an aromatic ring is 1. The van der Waals surface area contributed by atoms with Gasteiger partial charge in [-0.05, 0) is 30.9 Å². The predicted molar refractivity (Wildman–Crippen MR) is 126 cm³/mol. The molecule has 1 fully saturated rings. The summed E-state index contributed by atoms with van der Waals surface area (Å²) in [5, 5.41) is 3.54. The van der Waals surface area contributed by atoms with Crippen LogP contribution >= 0.6 is 24.8 Å². The number of amides is 1. The third-order valence-corrected chi connectivity index (χ3v) is 5.23. The average molecular weight is 456 g/mol. The van der Waals surface area contributed by atoms with E-state index in [4.69, 9.17) is 15.2 Å². The fraction of sp³-hybridized carbons (Fsp3) is 0.409. The number of hydrogen-bond acceptors (Lipinski definition) is 5. The molecule has 1 saturated heterocycles. The number of para-hydroxylation sites is 1. The van der Waals surface area contributed by atoms with Gasteiger partial charge in [-0.15, -0.1) is 24.8 Å². The summed E-state index contributed by atoms with van der Waals surface area (Å²) in [5.41, 5.74) is 8.74. The van der Waals surface area contributed by atoms with Crippen molar-refractivity contribution < 1.29 is 14.3 Å². The van der Waals surface area contributed by atoms with Gasteiger partial charge in [-0.25, -0.2) is 0 Å². The number of hydrogen-bond donors (Lipinski definition) is 2. The lowest BCUT2D eigenvalue weighted by atomic mass is 10.0. The monoisotopic (exact) mass is 455 g/mol. The molecule has 0 aromatic heterocycles. The fourth-order valence-corrected chi connectivity index (χ4v) is 3.56. The highest BCUT2D eigenvalue weighted by Gasteiger charge is 2.23. The van der Waals surface area contributed by atoms with Crippen LogP contribution in [0.2, 0.25) is 0 Å². The van der Waals surface area contributed by atoms with E-state index >= 15 is 0 Å². The molecule has 0 radical (unpaired) electrons. The molecule has 166 valence electrons. The SMILES string of the molecule is COc1cc(NC2CCN(C(=O)CCc3ccccc3N)CC2)cc(OC)c1.Cl.Cl. The first-order valence-electron chi connectivity index (χ1n) is 9.70. The third-order valence-electron chi connectivity index (χ3n) is 5.23. The number of carbonyl (C=O) groups is 1. The summed E-state index contributed by atoms with van der Waals surface area (Å²) < 4.78 is 10.6. The molecule has 30 heavy (non-hydrogen) atoms. The van der Waals surface area contributed by atoms with Crippen molar-refractivity contribution >= 4 is 42.1 Å². The molecule has 1 amide bonds. The number of methoxy groups -OCH3 is 2. The molecule has 6 nitrogen and oxygen atoms in total. The molecule has 0 saturated carbocycles. The molecule has 2 aromatic carbocycles. The number of benzene rings is 2. The van der Waals surface area contributed by atoms with Crippen molar-refractivity contribution in [3.8, 4) is 11.5 Å². The molecule has 0 bridgehead atoms. The summed E-state index contributed by atoms with van der Waals surface area (Å²) in [5.74, 6) is 1.72. The highest BCUT2D eigenvalue weighted by atomic mass is 35.5. The minimum absolute atomic E-state index is 0. The van der Waals surface area contributed by atoms with E-state index in [0.29, 0.717) is 18.9 Å². The first kappa shape index (κ1) is 25.7. The molecule has 8 heteroatoms. The van der Waals surface area contributed by atoms with Gasteiger partial charge in [0, 0.05) is 55.1 Å². The van der Waals surface area contributed by atoms with Crippen LogP contribution in [0.25, 0.3) is 0 Å². The topological polar surface area (TPSA) is 76.8 Å². The van der Waals surface area contributed by atoms with Crippen molar-refractivity contribution in [2.75, 3.05) is 38.4 Å². The Labute approximate surface area is 190 Å². The van der Waals surface area contributed by atoms with Gasteiger partial charge in [0.2, 0.25) is 5.91 Å². The maximum absolute atomic E-state index is 12.5. The number of halogens is 2. The smallest absolute Gasteiger partial charge is 0.222 e. The van der Waals surface area contributed by atoms with Gasteiger partial charge in [0.05, 0.1) is 14.2 Å². The first-order chi connectivity index (χ1) is 13.6. The maximum Gasteiger partial charge on any atom is 0.222 e. The quantitative estimate of drug-likeness (QED) is 0.612. The minimum Gasteiger partial charge on any atom is -0.497 e. The molecular weight excluding hydrogens is 425 g/mol. The molecule has 1 heterocycles. The number of ether oxygens (including phenoxy) is 2. The van der Waals surface area contributed by atoms with E-state index in [-0.39, 0.29) is 30.7 Å². The Morgan fingerprint density at radius 1 is 1.07 bits per heavy atom. The molecule has 0 spiro atoms. The van der Waals surface area contributed by atoms with Crippen molar-refractivity contribution in [1.82, 2.24) is 4.90 Å². The second kappa shape index (κ2) is 12.4. The summed E-state index contributed by atoms with van der Waals surface area (Å²) in [4.78, 5) is 14.5. The van der Waals surface area contributed by atoms with Crippen molar-refractivity contribution in [2.45, 2.75) is 31.7 Å². The Morgan fingerprint density at radius 2 is 1.67 bits per heavy atom. The Bertz CT molecular complexity index is 790. The Balaban J connectivity index is 0.00000225. The first-order valence-corrected chi connectivity index (χ1v) is 9.70. The lowest BCUT2D eigenvalue weighted by Gasteiger charge is -2.33. The van der Waals surface area contributed by atoms with Crippen LogP contribution in [0.15, 0.2) is 42.5 Å². The molecule has 0 atom stereocenters. The standard InChI is InChI=1S/C22H29N3O3.2ClH/c1-27-19-13-18(14-20(15-19)28-2)24-17-9-11-25(12-10-17)22(26)8-7-16-5-3-4-6-21(16)23;;/h3-6,13-15,17,24H,7-12,23H2,1-2H3;2*1H. The number of anilines is 2. The van der Waals surface area contributed by atoms with Crippen molar-refractivity contribution in [1.29, 1.82) is 0 Å². The second-order valence-corrected chi connectivity index (χ2v) is 7.10. The van der Waals surface area contributed by atoms with E-state index in [0.717, 1.165) is 54.4 Å². The summed E-state index contributed by atoms with van der Waals surface area (Å²) in [6.07, 6.45) is 3.02. The molecule has 1 aliphatic rings. The summed E-state index contributed by atoms with van der Waals surface area (Å²) in [7, 11) is 3.29. The highest BCUT2D eigenvalue weighted by Crippen LogP contribution is 2.27. The zero-order valence-corrected chi connectivity index (χ0v) is 19.1. The zero-order chi connectivity index (χ0) is 19.9. The number of carbonyl (C=O) groups excluding carboxylic acids is 1. The van der Waals surface area contributed by atoms with Crippen LogP contribution in [0.3, 0.4) is 0 Å². The molecule has 2 aromatic rings. The summed E-state index contributed by atoms with van der Waals surface area (Å²) in [6.45, 7) is 1.53. The lowest BCUT2D eigenvalue weighted by molar-refractivity contribution is -0.132. The maximum atomic E-state index is 12.5. The normalized spacial score (nSPS) is 13.6. The van der Waals surface area contributed by atoms with E-state index in [1.165, 1.54) is 0 Å². The van der Waals surface area contributed by atoms with Gasteiger partial charge < -0.3 is 25.4 Å². The molecule has 3 N–H and O–H groups in total. The van der Waals surface area contributed by atoms with Crippen LogP contribution in [-0.2, 0) is 11.2 Å². The van der Waals surface area contributed by atoms with Gasteiger partial charge in [-0.3, -0.25) is 4.79 Å². The largest absolute Gasteiger partial charge is 0.497 e. The molecular formula is C22H31Cl2N3O3. The van der Waals surface area contributed by atoms with E-state index in [9.17, 15) is 4.79 Å². The van der Waals surface area contributed by atoms with Crippen molar-refractivity contribution in [3.63, 3.8) is 0 Å². The van der Waals surface area contributed by atoms with E-state index in [1.807, 2.05) is 47.4 Å². The van der Waals surface area contributed by atoms with Crippen molar-refractivity contribution in [3.05, 3.63) is 48.0 Å². The summed E-state index contributed by atoms with van der Waals surface area (Å²) >= 11 is 0. The number of piperidine rings is 1. The van der Waals surface area contributed by atoms with Crippen LogP contribution in [0.1, 0.15) is 24.8 Å². The van der Waals surface area contributed by atoms with Gasteiger partial charge in [0.25, 0.3) is 0 Å². The van der Waals surface area contributed by atoms with Gasteiger partial charge in [-0.2, -0.15) is 0 Å². The number of likely N-dealkylation sites (tertiary alicyclic amines) is 1. The Kier molecular flexibility index (Phi) is 10.6. The van der Waals surface area contributed by atoms with Gasteiger partial charge in [0.1, 0.15) is 11.5 Å². The molecule has 1 aliphatic heterocycles. The number of nitrogens with two attached hydrogens (primary N) is 1. The number of nitrogens with one attached hydrogen (secondary N) is 1. The fourth-order valence-electron chi connectivity index (χ4n) is 3.56. The Hall–Kier alpha value is -2.31. The van der Waals surface area contributed by atoms with Gasteiger partial charge in [-0.1, -0.05) is 18.2 Å². The minimum atomic E-state index is 0.